The maximum Gasteiger partial charge on any atom is 0.359 e. The molecule has 0 aliphatic rings. The van der Waals surface area contributed by atoms with Crippen molar-refractivity contribution >= 4 is 16.9 Å². The Bertz CT molecular complexity index is 1090. The third-order valence-corrected chi connectivity index (χ3v) is 4.79. The molecule has 0 amide bonds. The van der Waals surface area contributed by atoms with E-state index in [0.717, 1.165) is 28.5 Å². The molecule has 4 aromatic rings. The number of rotatable bonds is 6. The van der Waals surface area contributed by atoms with Gasteiger partial charge in [-0.15, -0.1) is 0 Å². The van der Waals surface area contributed by atoms with Crippen LogP contribution in [0.1, 0.15) is 23.0 Å². The number of aromatic nitrogens is 2. The zero-order valence-corrected chi connectivity index (χ0v) is 15.8. The van der Waals surface area contributed by atoms with E-state index in [1.165, 1.54) is 5.56 Å². The van der Waals surface area contributed by atoms with Crippen molar-refractivity contribution in [3.63, 3.8) is 0 Å². The summed E-state index contributed by atoms with van der Waals surface area (Å²) >= 11 is 0. The van der Waals surface area contributed by atoms with Crippen LogP contribution < -0.4 is 0 Å². The fourth-order valence-corrected chi connectivity index (χ4v) is 3.48. The van der Waals surface area contributed by atoms with E-state index in [0.29, 0.717) is 18.8 Å². The van der Waals surface area contributed by atoms with Gasteiger partial charge in [0.25, 0.3) is 0 Å². The van der Waals surface area contributed by atoms with Crippen LogP contribution >= 0.6 is 0 Å². The minimum Gasteiger partial charge on any atom is -0.461 e. The lowest BCUT2D eigenvalue weighted by Gasteiger charge is -2.06. The molecule has 3 aromatic carbocycles. The van der Waals surface area contributed by atoms with Crippen molar-refractivity contribution in [2.45, 2.75) is 19.9 Å². The second-order valence-corrected chi connectivity index (χ2v) is 6.59. The second kappa shape index (κ2) is 8.09. The van der Waals surface area contributed by atoms with Gasteiger partial charge >= 0.3 is 5.97 Å². The Labute approximate surface area is 164 Å². The Hall–Kier alpha value is -3.40. The first kappa shape index (κ1) is 18.0. The van der Waals surface area contributed by atoms with E-state index in [2.05, 4.69) is 17.2 Å². The molecule has 28 heavy (non-hydrogen) atoms. The first-order chi connectivity index (χ1) is 13.8. The van der Waals surface area contributed by atoms with Crippen LogP contribution in [0, 0.1) is 0 Å². The van der Waals surface area contributed by atoms with Gasteiger partial charge in [-0.05, 0) is 36.1 Å². The lowest BCUT2D eigenvalue weighted by Crippen LogP contribution is -2.08. The molecule has 0 N–H and O–H groups in total. The highest BCUT2D eigenvalue weighted by molar-refractivity contribution is 6.08. The number of carbonyl (C=O) groups excluding carboxylic acids is 1. The van der Waals surface area contributed by atoms with Crippen molar-refractivity contribution in [1.29, 1.82) is 0 Å². The van der Waals surface area contributed by atoms with Crippen LogP contribution in [-0.2, 0) is 17.7 Å². The standard InChI is InChI=1S/C24H22N2O2/c1-2-28-24(27)23-22-20(19-12-7-4-8-13-19)14-9-15-21(22)26(25-23)17-16-18-10-5-3-6-11-18/h3-15H,2,16-17H2,1H3. The maximum absolute atomic E-state index is 12.6. The lowest BCUT2D eigenvalue weighted by molar-refractivity contribution is 0.0520. The molecule has 0 aliphatic carbocycles. The molecule has 0 aliphatic heterocycles. The van der Waals surface area contributed by atoms with Crippen LogP contribution in [0.4, 0.5) is 0 Å². The van der Waals surface area contributed by atoms with E-state index in [1.54, 1.807) is 0 Å². The quantitative estimate of drug-likeness (QED) is 0.442. The largest absolute Gasteiger partial charge is 0.461 e. The molecule has 0 saturated heterocycles. The van der Waals surface area contributed by atoms with Crippen molar-refractivity contribution < 1.29 is 9.53 Å². The number of hydrogen-bond acceptors (Lipinski definition) is 3. The highest BCUT2D eigenvalue weighted by Gasteiger charge is 2.21. The minimum absolute atomic E-state index is 0.324. The molecule has 4 nitrogen and oxygen atoms in total. The fraction of sp³-hybridized carbons (Fsp3) is 0.167. The van der Waals surface area contributed by atoms with Gasteiger partial charge in [0.1, 0.15) is 0 Å². The van der Waals surface area contributed by atoms with Gasteiger partial charge in [-0.25, -0.2) is 4.79 Å². The van der Waals surface area contributed by atoms with Crippen molar-refractivity contribution in [3.05, 3.63) is 90.1 Å². The Morgan fingerprint density at radius 2 is 1.64 bits per heavy atom. The summed E-state index contributed by atoms with van der Waals surface area (Å²) in [6.45, 7) is 2.83. The lowest BCUT2D eigenvalue weighted by atomic mass is 10.00. The van der Waals surface area contributed by atoms with Crippen LogP contribution in [0.15, 0.2) is 78.9 Å². The predicted molar refractivity (Wildman–Crippen MR) is 111 cm³/mol. The van der Waals surface area contributed by atoms with Crippen LogP contribution in [-0.4, -0.2) is 22.4 Å². The number of fused-ring (bicyclic) bond motifs is 1. The van der Waals surface area contributed by atoms with E-state index in [4.69, 9.17) is 4.74 Å². The fourth-order valence-electron chi connectivity index (χ4n) is 3.48. The summed E-state index contributed by atoms with van der Waals surface area (Å²) in [4.78, 5) is 12.6. The van der Waals surface area contributed by atoms with E-state index in [9.17, 15) is 4.79 Å². The highest BCUT2D eigenvalue weighted by atomic mass is 16.5. The van der Waals surface area contributed by atoms with Gasteiger partial charge in [0.2, 0.25) is 0 Å². The van der Waals surface area contributed by atoms with Gasteiger partial charge in [0.15, 0.2) is 5.69 Å². The average Bonchev–Trinajstić information content (AvgIpc) is 3.13. The van der Waals surface area contributed by atoms with E-state index >= 15 is 0 Å². The van der Waals surface area contributed by atoms with Gasteiger partial charge in [-0.3, -0.25) is 4.68 Å². The number of esters is 1. The summed E-state index contributed by atoms with van der Waals surface area (Å²) in [5.41, 5.74) is 4.61. The molecule has 0 radical (unpaired) electrons. The van der Waals surface area contributed by atoms with Crippen molar-refractivity contribution in [2.24, 2.45) is 0 Å². The number of benzene rings is 3. The van der Waals surface area contributed by atoms with Crippen LogP contribution in [0.5, 0.6) is 0 Å². The van der Waals surface area contributed by atoms with E-state index < -0.39 is 0 Å². The van der Waals surface area contributed by atoms with Gasteiger partial charge in [0, 0.05) is 11.9 Å². The van der Waals surface area contributed by atoms with Crippen LogP contribution in [0.3, 0.4) is 0 Å². The molecule has 1 heterocycles. The van der Waals surface area contributed by atoms with Gasteiger partial charge < -0.3 is 4.74 Å². The van der Waals surface area contributed by atoms with Gasteiger partial charge in [0.05, 0.1) is 12.1 Å². The normalized spacial score (nSPS) is 10.9. The second-order valence-electron chi connectivity index (χ2n) is 6.59. The molecule has 0 atom stereocenters. The maximum atomic E-state index is 12.6. The molecule has 4 heteroatoms. The third kappa shape index (κ3) is 3.54. The zero-order chi connectivity index (χ0) is 19.3. The molecule has 0 unspecified atom stereocenters. The number of nitrogens with zero attached hydrogens (tertiary/aromatic N) is 2. The topological polar surface area (TPSA) is 44.1 Å². The first-order valence-electron chi connectivity index (χ1n) is 9.54. The molecular formula is C24H22N2O2. The summed E-state index contributed by atoms with van der Waals surface area (Å²) in [6, 6.07) is 26.4. The summed E-state index contributed by atoms with van der Waals surface area (Å²) < 4.78 is 7.21. The van der Waals surface area contributed by atoms with E-state index in [1.807, 2.05) is 78.3 Å². The summed E-state index contributed by atoms with van der Waals surface area (Å²) in [5, 5.41) is 5.50. The highest BCUT2D eigenvalue weighted by Crippen LogP contribution is 2.31. The number of hydrogen-bond donors (Lipinski definition) is 0. The molecule has 140 valence electrons. The summed E-state index contributed by atoms with van der Waals surface area (Å²) in [5.74, 6) is -0.380. The Morgan fingerprint density at radius 3 is 2.36 bits per heavy atom. The summed E-state index contributed by atoms with van der Waals surface area (Å²) in [7, 11) is 0. The average molecular weight is 370 g/mol. The number of aryl methyl sites for hydroxylation is 2. The summed E-state index contributed by atoms with van der Waals surface area (Å²) in [6.07, 6.45) is 0.843. The molecular weight excluding hydrogens is 348 g/mol. The SMILES string of the molecule is CCOC(=O)c1nn(CCc2ccccc2)c2cccc(-c3ccccc3)c12. The van der Waals surface area contributed by atoms with Crippen LogP contribution in [0.25, 0.3) is 22.0 Å². The van der Waals surface area contributed by atoms with Crippen molar-refractivity contribution in [1.82, 2.24) is 9.78 Å². The number of ether oxygens (including phenoxy) is 1. The number of carbonyl (C=O) groups is 1. The molecule has 4 rings (SSSR count). The molecule has 1 aromatic heterocycles. The van der Waals surface area contributed by atoms with Crippen molar-refractivity contribution in [3.8, 4) is 11.1 Å². The van der Waals surface area contributed by atoms with Gasteiger partial charge in [-0.2, -0.15) is 5.10 Å². The first-order valence-corrected chi connectivity index (χ1v) is 9.54. The molecule has 0 saturated carbocycles. The molecule has 0 spiro atoms. The Balaban J connectivity index is 1.81. The predicted octanol–water partition coefficient (Wildman–Crippen LogP) is 5.12. The van der Waals surface area contributed by atoms with Crippen molar-refractivity contribution in [2.75, 3.05) is 6.61 Å². The minimum atomic E-state index is -0.380. The molecule has 0 bridgehead atoms. The molecule has 0 fully saturated rings. The third-order valence-electron chi connectivity index (χ3n) is 4.79. The zero-order valence-electron chi connectivity index (χ0n) is 15.8. The smallest absolute Gasteiger partial charge is 0.359 e. The Kier molecular flexibility index (Phi) is 5.20. The van der Waals surface area contributed by atoms with Gasteiger partial charge in [-0.1, -0.05) is 72.8 Å². The Morgan fingerprint density at radius 1 is 0.929 bits per heavy atom. The van der Waals surface area contributed by atoms with E-state index in [-0.39, 0.29) is 5.97 Å². The monoisotopic (exact) mass is 370 g/mol. The van der Waals surface area contributed by atoms with Crippen LogP contribution in [0.2, 0.25) is 0 Å².